The molecule has 3 atom stereocenters. The maximum atomic E-state index is 6.30. The molecule has 0 aromatic heterocycles. The maximum absolute atomic E-state index is 6.30. The van der Waals surface area contributed by atoms with E-state index in [0.717, 1.165) is 26.2 Å². The SMILES string of the molecule is C.CC1(C)[C@@H]2CC[C@@]3(C#CCN4CCCC4)CCCC=C3[C@@]2(C)CCC12OCCO2. The lowest BCUT2D eigenvalue weighted by atomic mass is 9.43. The molecule has 0 aromatic rings. The monoisotopic (exact) mass is 413 g/mol. The molecule has 0 N–H and O–H groups in total. The van der Waals surface area contributed by atoms with Crippen molar-refractivity contribution in [2.45, 2.75) is 91.8 Å². The van der Waals surface area contributed by atoms with Crippen molar-refractivity contribution in [3.8, 4) is 11.8 Å². The van der Waals surface area contributed by atoms with Crippen molar-refractivity contribution in [1.29, 1.82) is 0 Å². The molecule has 2 heterocycles. The first-order valence-electron chi connectivity index (χ1n) is 12.1. The first-order chi connectivity index (χ1) is 13.9. The van der Waals surface area contributed by atoms with Crippen molar-refractivity contribution in [3.63, 3.8) is 0 Å². The number of hydrogen-bond acceptors (Lipinski definition) is 3. The van der Waals surface area contributed by atoms with Gasteiger partial charge in [-0.25, -0.2) is 0 Å². The summed E-state index contributed by atoms with van der Waals surface area (Å²) in [7, 11) is 0. The van der Waals surface area contributed by atoms with E-state index in [4.69, 9.17) is 9.47 Å². The molecule has 2 saturated heterocycles. The summed E-state index contributed by atoms with van der Waals surface area (Å²) in [6.07, 6.45) is 13.7. The van der Waals surface area contributed by atoms with Crippen molar-refractivity contribution in [2.24, 2.45) is 22.2 Å². The van der Waals surface area contributed by atoms with Crippen LogP contribution in [0, 0.1) is 34.0 Å². The summed E-state index contributed by atoms with van der Waals surface area (Å²) in [6.45, 7) is 12.3. The van der Waals surface area contributed by atoms with Gasteiger partial charge in [0.1, 0.15) is 0 Å². The van der Waals surface area contributed by atoms with Crippen LogP contribution < -0.4 is 0 Å². The Balaban J connectivity index is 0.00000218. The Bertz CT molecular complexity index is 732. The maximum Gasteiger partial charge on any atom is 0.173 e. The van der Waals surface area contributed by atoms with Gasteiger partial charge in [0.2, 0.25) is 0 Å². The van der Waals surface area contributed by atoms with Crippen LogP contribution in [0.2, 0.25) is 0 Å². The van der Waals surface area contributed by atoms with Crippen molar-refractivity contribution in [1.82, 2.24) is 4.90 Å². The van der Waals surface area contributed by atoms with Crippen LogP contribution in [0.15, 0.2) is 11.6 Å². The van der Waals surface area contributed by atoms with Gasteiger partial charge in [0.25, 0.3) is 0 Å². The van der Waals surface area contributed by atoms with Crippen LogP contribution in [-0.2, 0) is 9.47 Å². The van der Waals surface area contributed by atoms with E-state index in [-0.39, 0.29) is 29.5 Å². The van der Waals surface area contributed by atoms with E-state index in [1.165, 1.54) is 64.5 Å². The van der Waals surface area contributed by atoms with Crippen molar-refractivity contribution in [2.75, 3.05) is 32.8 Å². The molecule has 2 saturated carbocycles. The van der Waals surface area contributed by atoms with Crippen LogP contribution in [-0.4, -0.2) is 43.5 Å². The van der Waals surface area contributed by atoms with Crippen LogP contribution in [0.5, 0.6) is 0 Å². The molecular formula is C27H43NO2. The van der Waals surface area contributed by atoms with Crippen LogP contribution in [0.3, 0.4) is 0 Å². The molecule has 5 rings (SSSR count). The van der Waals surface area contributed by atoms with E-state index in [0.29, 0.717) is 5.92 Å². The van der Waals surface area contributed by atoms with E-state index < -0.39 is 0 Å². The lowest BCUT2D eigenvalue weighted by molar-refractivity contribution is -0.284. The van der Waals surface area contributed by atoms with Gasteiger partial charge in [-0.15, -0.1) is 0 Å². The van der Waals surface area contributed by atoms with E-state index >= 15 is 0 Å². The molecule has 3 aliphatic carbocycles. The highest BCUT2D eigenvalue weighted by molar-refractivity contribution is 5.39. The van der Waals surface area contributed by atoms with Crippen molar-refractivity contribution >= 4 is 0 Å². The second-order valence-electron chi connectivity index (χ2n) is 11.1. The fourth-order valence-corrected chi connectivity index (χ4v) is 7.82. The highest BCUT2D eigenvalue weighted by Gasteiger charge is 2.65. The highest BCUT2D eigenvalue weighted by atomic mass is 16.7. The molecule has 0 amide bonds. The molecule has 0 unspecified atom stereocenters. The summed E-state index contributed by atoms with van der Waals surface area (Å²) in [5.41, 5.74) is 2.07. The van der Waals surface area contributed by atoms with E-state index in [2.05, 4.69) is 43.6 Å². The Morgan fingerprint density at radius 3 is 2.47 bits per heavy atom. The predicted octanol–water partition coefficient (Wildman–Crippen LogP) is 5.80. The number of nitrogens with zero attached hydrogens (tertiary/aromatic N) is 1. The zero-order valence-corrected chi connectivity index (χ0v) is 18.8. The smallest absolute Gasteiger partial charge is 0.173 e. The first-order valence-corrected chi connectivity index (χ1v) is 12.1. The molecule has 3 nitrogen and oxygen atoms in total. The van der Waals surface area contributed by atoms with Crippen molar-refractivity contribution < 1.29 is 9.47 Å². The number of hydrogen-bond donors (Lipinski definition) is 0. The average Bonchev–Trinajstić information content (AvgIpc) is 3.39. The minimum atomic E-state index is -0.367. The largest absolute Gasteiger partial charge is 0.347 e. The Hall–Kier alpha value is -0.820. The highest BCUT2D eigenvalue weighted by Crippen LogP contribution is 2.68. The standard InChI is InChI=1S/C26H39NO2.CH4/c1-23(2)21-10-13-25(12-8-18-27-16-6-7-17-27)11-5-4-9-22(25)24(21,3)14-15-26(23)28-19-20-29-26;/h9,21H,4-7,10-11,13-20H2,1-3H3;1H4/t21-,24-,25-;/m0./s1. The van der Waals surface area contributed by atoms with Crippen LogP contribution in [0.25, 0.3) is 0 Å². The molecule has 1 spiro atoms. The van der Waals surface area contributed by atoms with Gasteiger partial charge in [-0.2, -0.15) is 0 Å². The Labute approximate surface area is 185 Å². The fraction of sp³-hybridized carbons (Fsp3) is 0.852. The van der Waals surface area contributed by atoms with Gasteiger partial charge in [0, 0.05) is 11.8 Å². The van der Waals surface area contributed by atoms with Gasteiger partial charge in [-0.1, -0.05) is 46.1 Å². The number of fused-ring (bicyclic) bond motifs is 3. The molecule has 4 fully saturated rings. The van der Waals surface area contributed by atoms with Gasteiger partial charge in [0.05, 0.1) is 25.2 Å². The molecule has 2 aliphatic heterocycles. The summed E-state index contributed by atoms with van der Waals surface area (Å²) in [4.78, 5) is 2.53. The van der Waals surface area contributed by atoms with E-state index in [1.54, 1.807) is 5.57 Å². The minimum absolute atomic E-state index is 0. The van der Waals surface area contributed by atoms with Crippen LogP contribution in [0.4, 0.5) is 0 Å². The van der Waals surface area contributed by atoms with Crippen LogP contribution in [0.1, 0.15) is 86.0 Å². The second kappa shape index (κ2) is 7.95. The molecule has 168 valence electrons. The average molecular weight is 414 g/mol. The normalized spacial score (nSPS) is 39.3. The number of rotatable bonds is 1. The zero-order chi connectivity index (χ0) is 20.2. The third-order valence-electron chi connectivity index (χ3n) is 9.32. The minimum Gasteiger partial charge on any atom is -0.347 e. The van der Waals surface area contributed by atoms with Gasteiger partial charge in [-0.3, -0.25) is 4.90 Å². The molecule has 0 radical (unpaired) electrons. The predicted molar refractivity (Wildman–Crippen MR) is 123 cm³/mol. The Morgan fingerprint density at radius 1 is 1.00 bits per heavy atom. The molecule has 3 heteroatoms. The third kappa shape index (κ3) is 3.21. The molecule has 30 heavy (non-hydrogen) atoms. The molecular weight excluding hydrogens is 370 g/mol. The fourth-order valence-electron chi connectivity index (χ4n) is 7.82. The number of allylic oxidation sites excluding steroid dienone is 2. The lowest BCUT2D eigenvalue weighted by Crippen LogP contribution is -2.61. The lowest BCUT2D eigenvalue weighted by Gasteiger charge is -2.64. The quantitative estimate of drug-likeness (QED) is 0.401. The number of likely N-dealkylation sites (tertiary alicyclic amines) is 1. The summed E-state index contributed by atoms with van der Waals surface area (Å²) in [6, 6.07) is 0. The second-order valence-corrected chi connectivity index (χ2v) is 11.1. The molecule has 0 bridgehead atoms. The molecule has 5 aliphatic rings. The topological polar surface area (TPSA) is 21.7 Å². The van der Waals surface area contributed by atoms with Gasteiger partial charge >= 0.3 is 0 Å². The summed E-state index contributed by atoms with van der Waals surface area (Å²) in [5.74, 6) is 7.77. The van der Waals surface area contributed by atoms with E-state index in [1.807, 2.05) is 0 Å². The summed E-state index contributed by atoms with van der Waals surface area (Å²) < 4.78 is 12.6. The first kappa shape index (κ1) is 22.4. The van der Waals surface area contributed by atoms with Gasteiger partial charge < -0.3 is 9.47 Å². The zero-order valence-electron chi connectivity index (χ0n) is 18.8. The molecule has 0 aromatic carbocycles. The number of ether oxygens (including phenoxy) is 2. The van der Waals surface area contributed by atoms with E-state index in [9.17, 15) is 0 Å². The van der Waals surface area contributed by atoms with Gasteiger partial charge in [-0.05, 0) is 81.4 Å². The summed E-state index contributed by atoms with van der Waals surface area (Å²) >= 11 is 0. The summed E-state index contributed by atoms with van der Waals surface area (Å²) in [5, 5.41) is 0. The Morgan fingerprint density at radius 2 is 1.73 bits per heavy atom. The van der Waals surface area contributed by atoms with Crippen molar-refractivity contribution in [3.05, 3.63) is 11.6 Å². The van der Waals surface area contributed by atoms with Crippen LogP contribution >= 0.6 is 0 Å². The third-order valence-corrected chi connectivity index (χ3v) is 9.32. The Kier molecular flexibility index (Phi) is 5.93. The van der Waals surface area contributed by atoms with Gasteiger partial charge in [0.15, 0.2) is 5.79 Å².